The highest BCUT2D eigenvalue weighted by Crippen LogP contribution is 2.49. The summed E-state index contributed by atoms with van der Waals surface area (Å²) in [6, 6.07) is 10.5. The van der Waals surface area contributed by atoms with Crippen molar-refractivity contribution in [3.8, 4) is 0 Å². The topological polar surface area (TPSA) is 29.5 Å². The first-order valence-corrected chi connectivity index (χ1v) is 8.16. The molecule has 1 atom stereocenters. The fraction of sp³-hybridized carbons (Fsp3) is 0.611. The van der Waals surface area contributed by atoms with Crippen LogP contribution in [0, 0.1) is 11.3 Å². The van der Waals surface area contributed by atoms with E-state index in [2.05, 4.69) is 29.2 Å². The van der Waals surface area contributed by atoms with E-state index in [9.17, 15) is 4.79 Å². The minimum absolute atomic E-state index is 0.0231. The second kappa shape index (κ2) is 6.18. The average Bonchev–Trinajstić information content (AvgIpc) is 3.09. The van der Waals surface area contributed by atoms with Crippen molar-refractivity contribution >= 4 is 5.97 Å². The minimum atomic E-state index is 0.0231. The molecular weight excluding hydrogens is 262 g/mol. The maximum absolute atomic E-state index is 12.4. The molecule has 21 heavy (non-hydrogen) atoms. The van der Waals surface area contributed by atoms with Gasteiger partial charge in [-0.25, -0.2) is 0 Å². The standard InChI is InChI=1S/C18H25NO2/c1-2-21-17(20)16-13-19(12-15-8-4-3-5-9-15)14-18(16)10-6-7-11-18/h3-5,8-9,16H,2,6-7,10-14H2,1H3. The summed E-state index contributed by atoms with van der Waals surface area (Å²) in [4.78, 5) is 14.8. The van der Waals surface area contributed by atoms with Gasteiger partial charge in [0.05, 0.1) is 12.5 Å². The molecule has 2 aliphatic rings. The SMILES string of the molecule is CCOC(=O)C1CN(Cc2ccccc2)CC12CCCC2. The lowest BCUT2D eigenvalue weighted by Crippen LogP contribution is -2.33. The summed E-state index contributed by atoms with van der Waals surface area (Å²) in [5, 5.41) is 0. The molecule has 0 aromatic heterocycles. The van der Waals surface area contributed by atoms with Gasteiger partial charge in [-0.15, -0.1) is 0 Å². The lowest BCUT2D eigenvalue weighted by Gasteiger charge is -2.28. The fourth-order valence-electron chi connectivity index (χ4n) is 4.19. The third-order valence-electron chi connectivity index (χ3n) is 5.14. The van der Waals surface area contributed by atoms with Crippen LogP contribution in [0.3, 0.4) is 0 Å². The van der Waals surface area contributed by atoms with Gasteiger partial charge in [0, 0.05) is 19.6 Å². The molecule has 3 rings (SSSR count). The molecule has 1 heterocycles. The molecule has 1 saturated heterocycles. The van der Waals surface area contributed by atoms with E-state index in [1.54, 1.807) is 0 Å². The summed E-state index contributed by atoms with van der Waals surface area (Å²) in [6.45, 7) is 5.23. The molecule has 1 spiro atoms. The van der Waals surface area contributed by atoms with Crippen molar-refractivity contribution in [2.24, 2.45) is 11.3 Å². The Hall–Kier alpha value is -1.35. The van der Waals surface area contributed by atoms with Crippen molar-refractivity contribution in [1.29, 1.82) is 0 Å². The van der Waals surface area contributed by atoms with Gasteiger partial charge in [0.2, 0.25) is 0 Å². The van der Waals surface area contributed by atoms with Crippen molar-refractivity contribution in [2.75, 3.05) is 19.7 Å². The van der Waals surface area contributed by atoms with Crippen molar-refractivity contribution < 1.29 is 9.53 Å². The van der Waals surface area contributed by atoms with E-state index in [0.717, 1.165) is 19.6 Å². The van der Waals surface area contributed by atoms with Crippen molar-refractivity contribution in [3.05, 3.63) is 35.9 Å². The van der Waals surface area contributed by atoms with Gasteiger partial charge in [-0.2, -0.15) is 0 Å². The van der Waals surface area contributed by atoms with Crippen LogP contribution in [0.5, 0.6) is 0 Å². The third-order valence-corrected chi connectivity index (χ3v) is 5.14. The van der Waals surface area contributed by atoms with Gasteiger partial charge in [-0.1, -0.05) is 43.2 Å². The number of hydrogen-bond acceptors (Lipinski definition) is 3. The van der Waals surface area contributed by atoms with Gasteiger partial charge in [0.15, 0.2) is 0 Å². The van der Waals surface area contributed by atoms with E-state index in [-0.39, 0.29) is 17.3 Å². The number of likely N-dealkylation sites (tertiary alicyclic amines) is 1. The molecule has 1 aromatic carbocycles. The predicted molar refractivity (Wildman–Crippen MR) is 82.7 cm³/mol. The van der Waals surface area contributed by atoms with Crippen LogP contribution in [-0.4, -0.2) is 30.6 Å². The molecule has 0 amide bonds. The van der Waals surface area contributed by atoms with Gasteiger partial charge in [-0.3, -0.25) is 9.69 Å². The largest absolute Gasteiger partial charge is 0.466 e. The highest BCUT2D eigenvalue weighted by molar-refractivity contribution is 5.74. The Labute approximate surface area is 127 Å². The van der Waals surface area contributed by atoms with Gasteiger partial charge >= 0.3 is 5.97 Å². The van der Waals surface area contributed by atoms with Gasteiger partial charge in [-0.05, 0) is 30.7 Å². The molecule has 1 unspecified atom stereocenters. The fourth-order valence-corrected chi connectivity index (χ4v) is 4.19. The number of carbonyl (C=O) groups is 1. The third kappa shape index (κ3) is 2.98. The molecule has 1 aliphatic heterocycles. The summed E-state index contributed by atoms with van der Waals surface area (Å²) < 4.78 is 5.35. The van der Waals surface area contributed by atoms with Crippen LogP contribution in [0.4, 0.5) is 0 Å². The summed E-state index contributed by atoms with van der Waals surface area (Å²) in [6.07, 6.45) is 4.88. The number of rotatable bonds is 4. The minimum Gasteiger partial charge on any atom is -0.466 e. The maximum Gasteiger partial charge on any atom is 0.310 e. The van der Waals surface area contributed by atoms with Crippen LogP contribution in [0.25, 0.3) is 0 Å². The first-order chi connectivity index (χ1) is 10.2. The first-order valence-electron chi connectivity index (χ1n) is 8.16. The highest BCUT2D eigenvalue weighted by Gasteiger charge is 2.51. The lowest BCUT2D eigenvalue weighted by molar-refractivity contribution is -0.151. The van der Waals surface area contributed by atoms with Gasteiger partial charge in [0.1, 0.15) is 0 Å². The van der Waals surface area contributed by atoms with Crippen LogP contribution in [0.2, 0.25) is 0 Å². The zero-order valence-electron chi connectivity index (χ0n) is 12.9. The van der Waals surface area contributed by atoms with E-state index >= 15 is 0 Å². The first kappa shape index (κ1) is 14.6. The second-order valence-corrected chi connectivity index (χ2v) is 6.53. The lowest BCUT2D eigenvalue weighted by atomic mass is 9.76. The Bertz CT molecular complexity index is 479. The summed E-state index contributed by atoms with van der Waals surface area (Å²) in [5.41, 5.74) is 1.51. The van der Waals surface area contributed by atoms with E-state index in [1.165, 1.54) is 31.2 Å². The van der Waals surface area contributed by atoms with E-state index in [4.69, 9.17) is 4.74 Å². The molecule has 3 nitrogen and oxygen atoms in total. The Morgan fingerprint density at radius 2 is 2.00 bits per heavy atom. The molecule has 3 heteroatoms. The normalized spacial score (nSPS) is 24.5. The molecule has 1 aromatic rings. The molecule has 1 aliphatic carbocycles. The number of esters is 1. The van der Waals surface area contributed by atoms with E-state index in [0.29, 0.717) is 6.61 Å². The van der Waals surface area contributed by atoms with Crippen molar-refractivity contribution in [1.82, 2.24) is 4.90 Å². The maximum atomic E-state index is 12.4. The Morgan fingerprint density at radius 3 is 2.67 bits per heavy atom. The molecule has 0 N–H and O–H groups in total. The van der Waals surface area contributed by atoms with Crippen molar-refractivity contribution in [2.45, 2.75) is 39.2 Å². The average molecular weight is 287 g/mol. The molecule has 0 bridgehead atoms. The summed E-state index contributed by atoms with van der Waals surface area (Å²) in [7, 11) is 0. The highest BCUT2D eigenvalue weighted by atomic mass is 16.5. The van der Waals surface area contributed by atoms with Crippen LogP contribution >= 0.6 is 0 Å². The van der Waals surface area contributed by atoms with Crippen LogP contribution in [-0.2, 0) is 16.1 Å². The summed E-state index contributed by atoms with van der Waals surface area (Å²) in [5.74, 6) is 0.0959. The summed E-state index contributed by atoms with van der Waals surface area (Å²) >= 11 is 0. The number of benzene rings is 1. The zero-order chi connectivity index (χ0) is 14.7. The molecule has 114 valence electrons. The molecular formula is C18H25NO2. The number of hydrogen-bond donors (Lipinski definition) is 0. The molecule has 1 saturated carbocycles. The zero-order valence-corrected chi connectivity index (χ0v) is 12.9. The van der Waals surface area contributed by atoms with Crippen LogP contribution in [0.1, 0.15) is 38.2 Å². The number of ether oxygens (including phenoxy) is 1. The quantitative estimate of drug-likeness (QED) is 0.796. The van der Waals surface area contributed by atoms with Crippen LogP contribution < -0.4 is 0 Å². The Morgan fingerprint density at radius 1 is 1.29 bits per heavy atom. The second-order valence-electron chi connectivity index (χ2n) is 6.53. The van der Waals surface area contributed by atoms with Gasteiger partial charge in [0.25, 0.3) is 0 Å². The molecule has 2 fully saturated rings. The van der Waals surface area contributed by atoms with Crippen molar-refractivity contribution in [3.63, 3.8) is 0 Å². The Balaban J connectivity index is 1.73. The molecule has 0 radical (unpaired) electrons. The number of nitrogens with zero attached hydrogens (tertiary/aromatic N) is 1. The van der Waals surface area contributed by atoms with E-state index < -0.39 is 0 Å². The predicted octanol–water partition coefficient (Wildman–Crippen LogP) is 3.24. The monoisotopic (exact) mass is 287 g/mol. The van der Waals surface area contributed by atoms with Crippen LogP contribution in [0.15, 0.2) is 30.3 Å². The number of carbonyl (C=O) groups excluding carboxylic acids is 1. The van der Waals surface area contributed by atoms with Gasteiger partial charge < -0.3 is 4.74 Å². The Kier molecular flexibility index (Phi) is 4.29. The smallest absolute Gasteiger partial charge is 0.310 e. The van der Waals surface area contributed by atoms with E-state index in [1.807, 2.05) is 13.0 Å².